The minimum Gasteiger partial charge on any atom is -0.460 e. The molecule has 0 saturated heterocycles. The summed E-state index contributed by atoms with van der Waals surface area (Å²) in [6.07, 6.45) is -0.932. The van der Waals surface area contributed by atoms with E-state index in [1.54, 1.807) is 20.8 Å². The van der Waals surface area contributed by atoms with Crippen molar-refractivity contribution < 1.29 is 14.3 Å². The predicted molar refractivity (Wildman–Crippen MR) is 118 cm³/mol. The van der Waals surface area contributed by atoms with Gasteiger partial charge in [-0.25, -0.2) is 0 Å². The van der Waals surface area contributed by atoms with Crippen molar-refractivity contribution in [3.05, 3.63) is 48.0 Å². The number of carbonyl (C=O) groups is 2. The average Bonchev–Trinajstić information content (AvgIpc) is 2.70. The summed E-state index contributed by atoms with van der Waals surface area (Å²) in [5.74, 6) is -2.21. The van der Waals surface area contributed by atoms with Crippen molar-refractivity contribution in [3.63, 3.8) is 0 Å². The highest BCUT2D eigenvalue weighted by Crippen LogP contribution is 2.23. The van der Waals surface area contributed by atoms with Crippen LogP contribution in [0.1, 0.15) is 38.7 Å². The van der Waals surface area contributed by atoms with Crippen LogP contribution in [-0.4, -0.2) is 35.9 Å². The Labute approximate surface area is 182 Å². The number of carbonyl (C=O) groups excluding carboxylic acids is 2. The number of esters is 1. The van der Waals surface area contributed by atoms with Gasteiger partial charge in [0, 0.05) is 6.54 Å². The minimum absolute atomic E-state index is 0.0901. The van der Waals surface area contributed by atoms with Crippen LogP contribution in [0.2, 0.25) is 0 Å². The third-order valence-corrected chi connectivity index (χ3v) is 4.97. The van der Waals surface area contributed by atoms with Crippen molar-refractivity contribution in [3.8, 4) is 6.07 Å². The Kier molecular flexibility index (Phi) is 8.36. The van der Waals surface area contributed by atoms with Crippen LogP contribution in [0.5, 0.6) is 0 Å². The Bertz CT molecular complexity index is 933. The number of ether oxygens (including phenoxy) is 1. The topological polar surface area (TPSA) is 105 Å². The van der Waals surface area contributed by atoms with Crippen LogP contribution in [0.4, 0.5) is 0 Å². The molecule has 6 nitrogen and oxygen atoms in total. The van der Waals surface area contributed by atoms with Gasteiger partial charge in [0.15, 0.2) is 5.78 Å². The first kappa shape index (κ1) is 23.8. The lowest BCUT2D eigenvalue weighted by molar-refractivity contribution is -0.160. The Morgan fingerprint density at radius 2 is 1.87 bits per heavy atom. The molecule has 7 heteroatoms. The van der Waals surface area contributed by atoms with Crippen molar-refractivity contribution in [1.82, 2.24) is 5.32 Å². The highest BCUT2D eigenvalue weighted by atomic mass is 35.5. The van der Waals surface area contributed by atoms with E-state index in [9.17, 15) is 9.59 Å². The molecule has 3 N–H and O–H groups in total. The SMILES string of the molecule is CC(C)(C)OC(=O)C(CC#N)C(N)NCC(C(=O)CCl)c1ccc2ccccc2c1. The van der Waals surface area contributed by atoms with E-state index >= 15 is 0 Å². The zero-order valence-corrected chi connectivity index (χ0v) is 18.3. The standard InChI is InChI=1S/C23H28ClN3O3/c1-23(2,3)30-22(29)18(10-11-25)21(26)27-14-19(20(28)13-24)17-9-8-15-6-4-5-7-16(15)12-17/h4-9,12,18-19,21,27H,10,13-14,26H2,1-3H3. The Morgan fingerprint density at radius 1 is 1.20 bits per heavy atom. The summed E-state index contributed by atoms with van der Waals surface area (Å²) in [5.41, 5.74) is 6.30. The van der Waals surface area contributed by atoms with Crippen molar-refractivity contribution in [2.75, 3.05) is 12.4 Å². The maximum Gasteiger partial charge on any atom is 0.313 e. The number of halogens is 1. The summed E-state index contributed by atoms with van der Waals surface area (Å²) in [6.45, 7) is 5.45. The van der Waals surface area contributed by atoms with Gasteiger partial charge >= 0.3 is 5.97 Å². The molecule has 2 aromatic carbocycles. The molecule has 0 heterocycles. The second kappa shape index (κ2) is 10.5. The van der Waals surface area contributed by atoms with Gasteiger partial charge in [0.2, 0.25) is 0 Å². The second-order valence-electron chi connectivity index (χ2n) is 8.20. The van der Waals surface area contributed by atoms with Crippen LogP contribution in [0, 0.1) is 17.2 Å². The van der Waals surface area contributed by atoms with Crippen LogP contribution in [0.25, 0.3) is 10.8 Å². The van der Waals surface area contributed by atoms with E-state index in [4.69, 9.17) is 27.3 Å². The fourth-order valence-corrected chi connectivity index (χ4v) is 3.35. The lowest BCUT2D eigenvalue weighted by Crippen LogP contribution is -2.50. The lowest BCUT2D eigenvalue weighted by atomic mass is 9.92. The molecule has 0 aliphatic heterocycles. The zero-order valence-electron chi connectivity index (χ0n) is 17.5. The van der Waals surface area contributed by atoms with Gasteiger partial charge in [-0.15, -0.1) is 11.6 Å². The fourth-order valence-electron chi connectivity index (χ4n) is 3.16. The van der Waals surface area contributed by atoms with Crippen molar-refractivity contribution in [2.45, 2.75) is 44.9 Å². The molecule has 0 spiro atoms. The summed E-state index contributed by atoms with van der Waals surface area (Å²) in [7, 11) is 0. The Morgan fingerprint density at radius 3 is 2.47 bits per heavy atom. The summed E-state index contributed by atoms with van der Waals surface area (Å²) < 4.78 is 5.38. The third kappa shape index (κ3) is 6.53. The van der Waals surface area contributed by atoms with E-state index in [1.165, 1.54) is 0 Å². The first-order valence-electron chi connectivity index (χ1n) is 9.82. The quantitative estimate of drug-likeness (QED) is 0.359. The molecular weight excluding hydrogens is 402 g/mol. The van der Waals surface area contributed by atoms with Crippen LogP contribution in [0.3, 0.4) is 0 Å². The lowest BCUT2D eigenvalue weighted by Gasteiger charge is -2.27. The first-order valence-corrected chi connectivity index (χ1v) is 10.4. The molecule has 2 rings (SSSR count). The van der Waals surface area contributed by atoms with Gasteiger partial charge < -0.3 is 15.8 Å². The molecular formula is C23H28ClN3O3. The molecule has 0 radical (unpaired) electrons. The number of hydrogen-bond acceptors (Lipinski definition) is 6. The molecule has 0 aliphatic rings. The van der Waals surface area contributed by atoms with Crippen LogP contribution in [0.15, 0.2) is 42.5 Å². The largest absolute Gasteiger partial charge is 0.460 e. The van der Waals surface area contributed by atoms with Gasteiger partial charge in [-0.05, 0) is 37.1 Å². The molecule has 0 fully saturated rings. The molecule has 0 saturated carbocycles. The molecule has 0 amide bonds. The number of nitrogens with zero attached hydrogens (tertiary/aromatic N) is 1. The molecule has 0 bridgehead atoms. The van der Waals surface area contributed by atoms with Gasteiger partial charge in [0.05, 0.1) is 36.4 Å². The van der Waals surface area contributed by atoms with Crippen LogP contribution >= 0.6 is 11.6 Å². The highest BCUT2D eigenvalue weighted by Gasteiger charge is 2.31. The Balaban J connectivity index is 2.18. The van der Waals surface area contributed by atoms with Crippen molar-refractivity contribution in [2.24, 2.45) is 11.7 Å². The number of nitrogens with one attached hydrogen (secondary N) is 1. The summed E-state index contributed by atoms with van der Waals surface area (Å²) in [5, 5.41) is 14.2. The zero-order chi connectivity index (χ0) is 22.3. The summed E-state index contributed by atoms with van der Waals surface area (Å²) >= 11 is 5.84. The Hall–Kier alpha value is -2.46. The van der Waals surface area contributed by atoms with Crippen LogP contribution in [-0.2, 0) is 14.3 Å². The predicted octanol–water partition coefficient (Wildman–Crippen LogP) is 3.48. The van der Waals surface area contributed by atoms with Gasteiger partial charge in [0.25, 0.3) is 0 Å². The number of nitrogens with two attached hydrogens (primary N) is 1. The summed E-state index contributed by atoms with van der Waals surface area (Å²) in [6, 6.07) is 15.7. The van der Waals surface area contributed by atoms with Gasteiger partial charge in [0.1, 0.15) is 5.60 Å². The number of alkyl halides is 1. The van der Waals surface area contributed by atoms with E-state index in [0.29, 0.717) is 0 Å². The number of hydrogen-bond donors (Lipinski definition) is 2. The van der Waals surface area contributed by atoms with E-state index < -0.39 is 29.6 Å². The molecule has 0 aliphatic carbocycles. The highest BCUT2D eigenvalue weighted by molar-refractivity contribution is 6.28. The number of benzene rings is 2. The van der Waals surface area contributed by atoms with Gasteiger partial charge in [-0.1, -0.05) is 42.5 Å². The van der Waals surface area contributed by atoms with Crippen molar-refractivity contribution >= 4 is 34.1 Å². The maximum absolute atomic E-state index is 12.5. The number of fused-ring (bicyclic) bond motifs is 1. The number of ketones is 1. The molecule has 0 aromatic heterocycles. The van der Waals surface area contributed by atoms with Gasteiger partial charge in [-0.2, -0.15) is 5.26 Å². The molecule has 2 aromatic rings. The second-order valence-corrected chi connectivity index (χ2v) is 8.46. The fraction of sp³-hybridized carbons (Fsp3) is 0.435. The number of Topliss-reactive ketones (excluding diaryl/α,β-unsaturated/α-hetero) is 1. The molecule has 3 atom stereocenters. The average molecular weight is 430 g/mol. The first-order chi connectivity index (χ1) is 14.2. The van der Waals surface area contributed by atoms with E-state index in [0.717, 1.165) is 16.3 Å². The maximum atomic E-state index is 12.5. The monoisotopic (exact) mass is 429 g/mol. The van der Waals surface area contributed by atoms with Crippen LogP contribution < -0.4 is 11.1 Å². The third-order valence-electron chi connectivity index (χ3n) is 4.71. The smallest absolute Gasteiger partial charge is 0.313 e. The number of nitriles is 1. The summed E-state index contributed by atoms with van der Waals surface area (Å²) in [4.78, 5) is 25.0. The minimum atomic E-state index is -0.849. The van der Waals surface area contributed by atoms with E-state index in [-0.39, 0.29) is 24.6 Å². The van der Waals surface area contributed by atoms with E-state index in [1.807, 2.05) is 48.5 Å². The normalized spacial score (nSPS) is 14.5. The molecule has 160 valence electrons. The van der Waals surface area contributed by atoms with Crippen molar-refractivity contribution in [1.29, 1.82) is 5.26 Å². The molecule has 3 unspecified atom stereocenters. The van der Waals surface area contributed by atoms with E-state index in [2.05, 4.69) is 5.32 Å². The molecule has 30 heavy (non-hydrogen) atoms. The van der Waals surface area contributed by atoms with Gasteiger partial charge in [-0.3, -0.25) is 9.59 Å². The number of rotatable bonds is 9.